The molecule has 0 aliphatic heterocycles. The Morgan fingerprint density at radius 1 is 0.633 bits per heavy atom. The minimum absolute atomic E-state index is 0.277. The van der Waals surface area contributed by atoms with Gasteiger partial charge in [-0.05, 0) is 37.5 Å². The van der Waals surface area contributed by atoms with Gasteiger partial charge in [0.2, 0.25) is 0 Å². The number of rotatable bonds is 6. The molecule has 0 amide bonds. The van der Waals surface area contributed by atoms with Crippen molar-refractivity contribution >= 4 is 23.9 Å². The van der Waals surface area contributed by atoms with Gasteiger partial charge in [0, 0.05) is 0 Å². The molecule has 4 unspecified atom stereocenters. The summed E-state index contributed by atoms with van der Waals surface area (Å²) in [5.74, 6) is -6.58. The monoisotopic (exact) mass is 424 g/mol. The van der Waals surface area contributed by atoms with Crippen molar-refractivity contribution in [3.05, 3.63) is 23.3 Å². The molecule has 8 heteroatoms. The van der Waals surface area contributed by atoms with Gasteiger partial charge in [-0.25, -0.2) is 0 Å². The highest BCUT2D eigenvalue weighted by Gasteiger charge is 2.40. The fourth-order valence-electron chi connectivity index (χ4n) is 4.11. The number of carboxylic acid groups (broad SMARTS) is 4. The van der Waals surface area contributed by atoms with Crippen LogP contribution in [-0.2, 0) is 19.2 Å². The van der Waals surface area contributed by atoms with Gasteiger partial charge in [-0.2, -0.15) is 0 Å². The summed E-state index contributed by atoms with van der Waals surface area (Å²) in [6.07, 6.45) is 4.84. The van der Waals surface area contributed by atoms with Crippen LogP contribution in [0, 0.1) is 35.5 Å². The number of allylic oxidation sites excluding steroid dienone is 4. The molecule has 168 valence electrons. The van der Waals surface area contributed by atoms with E-state index in [9.17, 15) is 29.4 Å². The summed E-state index contributed by atoms with van der Waals surface area (Å²) in [5.41, 5.74) is 2.27. The first kappa shape index (κ1) is 25.4. The van der Waals surface area contributed by atoms with Crippen LogP contribution in [0.3, 0.4) is 0 Å². The normalized spacial score (nSPS) is 26.2. The van der Waals surface area contributed by atoms with Crippen LogP contribution in [0.4, 0.5) is 0 Å². The summed E-state index contributed by atoms with van der Waals surface area (Å²) in [7, 11) is 0. The third-order valence-electron chi connectivity index (χ3n) is 5.87. The molecule has 0 bridgehead atoms. The molecular formula is C22H32O8. The second-order valence-corrected chi connectivity index (χ2v) is 8.49. The Balaban J connectivity index is 0.000000325. The molecule has 0 saturated carbocycles. The van der Waals surface area contributed by atoms with Crippen molar-refractivity contribution in [2.75, 3.05) is 0 Å². The van der Waals surface area contributed by atoms with Crippen LogP contribution in [0.1, 0.15) is 53.4 Å². The van der Waals surface area contributed by atoms with Crippen molar-refractivity contribution in [1.29, 1.82) is 0 Å². The van der Waals surface area contributed by atoms with Gasteiger partial charge >= 0.3 is 23.9 Å². The maximum Gasteiger partial charge on any atom is 0.307 e. The topological polar surface area (TPSA) is 149 Å². The van der Waals surface area contributed by atoms with Gasteiger partial charge in [0.1, 0.15) is 0 Å². The van der Waals surface area contributed by atoms with Gasteiger partial charge in [0.15, 0.2) is 0 Å². The fourth-order valence-corrected chi connectivity index (χ4v) is 4.11. The van der Waals surface area contributed by atoms with Crippen LogP contribution in [0.25, 0.3) is 0 Å². The van der Waals surface area contributed by atoms with E-state index in [1.807, 2.05) is 27.7 Å². The Bertz CT molecular complexity index is 671. The van der Waals surface area contributed by atoms with E-state index < -0.39 is 47.5 Å². The predicted octanol–water partition coefficient (Wildman–Crippen LogP) is 3.53. The van der Waals surface area contributed by atoms with E-state index in [0.29, 0.717) is 25.7 Å². The van der Waals surface area contributed by atoms with E-state index in [4.69, 9.17) is 10.2 Å². The number of carboxylic acids is 4. The SMILES string of the molecule is CC(C)C1=C(C(C)C)CC(C(=O)O)C(C(=O)O)C1.O=C(O)C1CC=CCC1C(=O)O. The van der Waals surface area contributed by atoms with E-state index in [0.717, 1.165) is 11.1 Å². The summed E-state index contributed by atoms with van der Waals surface area (Å²) in [6.45, 7) is 8.16. The zero-order valence-corrected chi connectivity index (χ0v) is 17.9. The summed E-state index contributed by atoms with van der Waals surface area (Å²) in [5, 5.41) is 35.7. The largest absolute Gasteiger partial charge is 0.481 e. The molecule has 0 saturated heterocycles. The maximum absolute atomic E-state index is 11.2. The van der Waals surface area contributed by atoms with E-state index >= 15 is 0 Å². The Labute approximate surface area is 176 Å². The molecule has 4 atom stereocenters. The first-order valence-corrected chi connectivity index (χ1v) is 10.2. The van der Waals surface area contributed by atoms with Crippen molar-refractivity contribution in [3.63, 3.8) is 0 Å². The first-order valence-electron chi connectivity index (χ1n) is 10.2. The molecule has 4 N–H and O–H groups in total. The van der Waals surface area contributed by atoms with Crippen LogP contribution in [0.15, 0.2) is 23.3 Å². The quantitative estimate of drug-likeness (QED) is 0.473. The van der Waals surface area contributed by atoms with Crippen molar-refractivity contribution in [3.8, 4) is 0 Å². The van der Waals surface area contributed by atoms with E-state index in [1.165, 1.54) is 0 Å². The lowest BCUT2D eigenvalue weighted by Gasteiger charge is -2.33. The summed E-state index contributed by atoms with van der Waals surface area (Å²) < 4.78 is 0. The minimum Gasteiger partial charge on any atom is -0.481 e. The van der Waals surface area contributed by atoms with Gasteiger partial charge in [0.05, 0.1) is 23.7 Å². The standard InChI is InChI=1S/C14H22O4.C8H10O4/c1-7(2)9-5-11(13(15)16)12(14(17)18)6-10(9)8(3)4;9-7(10)5-3-1-2-4-6(5)8(11)12/h7-8,11-12H,5-6H2,1-4H3,(H,15,16)(H,17,18);1-2,5-6H,3-4H2,(H,9,10)(H,11,12). The molecule has 0 heterocycles. The van der Waals surface area contributed by atoms with E-state index in [2.05, 4.69) is 0 Å². The third-order valence-corrected chi connectivity index (χ3v) is 5.87. The second-order valence-electron chi connectivity index (χ2n) is 8.49. The zero-order valence-electron chi connectivity index (χ0n) is 17.9. The molecular weight excluding hydrogens is 392 g/mol. The fraction of sp³-hybridized carbons (Fsp3) is 0.636. The molecule has 0 aromatic rings. The Morgan fingerprint density at radius 2 is 0.900 bits per heavy atom. The smallest absolute Gasteiger partial charge is 0.307 e. The van der Waals surface area contributed by atoms with Crippen LogP contribution in [0.2, 0.25) is 0 Å². The average molecular weight is 424 g/mol. The van der Waals surface area contributed by atoms with Crippen molar-refractivity contribution in [2.45, 2.75) is 53.4 Å². The van der Waals surface area contributed by atoms with Gasteiger partial charge in [-0.15, -0.1) is 0 Å². The van der Waals surface area contributed by atoms with Crippen LogP contribution >= 0.6 is 0 Å². The molecule has 2 aliphatic rings. The van der Waals surface area contributed by atoms with Gasteiger partial charge < -0.3 is 20.4 Å². The highest BCUT2D eigenvalue weighted by Crippen LogP contribution is 2.40. The molecule has 0 aromatic heterocycles. The van der Waals surface area contributed by atoms with Gasteiger partial charge in [-0.1, -0.05) is 51.0 Å². The number of hydrogen-bond acceptors (Lipinski definition) is 4. The molecule has 0 radical (unpaired) electrons. The van der Waals surface area contributed by atoms with Gasteiger partial charge in [-0.3, -0.25) is 19.2 Å². The average Bonchev–Trinajstić information content (AvgIpc) is 2.66. The van der Waals surface area contributed by atoms with Crippen molar-refractivity contribution < 1.29 is 39.6 Å². The summed E-state index contributed by atoms with van der Waals surface area (Å²) in [4.78, 5) is 43.6. The number of aliphatic carboxylic acids is 4. The predicted molar refractivity (Wildman–Crippen MR) is 109 cm³/mol. The highest BCUT2D eigenvalue weighted by molar-refractivity contribution is 5.81. The third kappa shape index (κ3) is 6.43. The minimum atomic E-state index is -1.02. The van der Waals surface area contributed by atoms with E-state index in [1.54, 1.807) is 12.2 Å². The maximum atomic E-state index is 11.2. The van der Waals surface area contributed by atoms with Crippen LogP contribution < -0.4 is 0 Å². The van der Waals surface area contributed by atoms with Crippen LogP contribution in [0.5, 0.6) is 0 Å². The first-order chi connectivity index (χ1) is 13.9. The molecule has 0 aromatic carbocycles. The van der Waals surface area contributed by atoms with Gasteiger partial charge in [0.25, 0.3) is 0 Å². The molecule has 2 aliphatic carbocycles. The zero-order chi connectivity index (χ0) is 23.2. The Kier molecular flexibility index (Phi) is 9.26. The second kappa shape index (κ2) is 10.9. The summed E-state index contributed by atoms with van der Waals surface area (Å²) in [6, 6.07) is 0. The Morgan fingerprint density at radius 3 is 1.10 bits per heavy atom. The lowest BCUT2D eigenvalue weighted by atomic mass is 9.70. The van der Waals surface area contributed by atoms with E-state index in [-0.39, 0.29) is 11.8 Å². The molecule has 0 fully saturated rings. The molecule has 30 heavy (non-hydrogen) atoms. The van der Waals surface area contributed by atoms with Crippen molar-refractivity contribution in [2.24, 2.45) is 35.5 Å². The van der Waals surface area contributed by atoms with Crippen LogP contribution in [-0.4, -0.2) is 44.3 Å². The number of hydrogen-bond donors (Lipinski definition) is 4. The lowest BCUT2D eigenvalue weighted by molar-refractivity contribution is -0.154. The lowest BCUT2D eigenvalue weighted by Crippen LogP contribution is -2.35. The highest BCUT2D eigenvalue weighted by atomic mass is 16.4. The molecule has 0 spiro atoms. The number of carbonyl (C=O) groups is 4. The van der Waals surface area contributed by atoms with Crippen molar-refractivity contribution in [1.82, 2.24) is 0 Å². The summed E-state index contributed by atoms with van der Waals surface area (Å²) >= 11 is 0. The molecule has 2 rings (SSSR count). The molecule has 8 nitrogen and oxygen atoms in total. The Hall–Kier alpha value is -2.64.